The Balaban J connectivity index is 1.79. The van der Waals surface area contributed by atoms with Crippen LogP contribution in [0.4, 0.5) is 5.69 Å². The van der Waals surface area contributed by atoms with E-state index >= 15 is 0 Å². The van der Waals surface area contributed by atoms with Gasteiger partial charge in [-0.25, -0.2) is 13.2 Å². The number of benzene rings is 2. The molecule has 1 aliphatic heterocycles. The molecule has 0 N–H and O–H groups in total. The molecule has 4 rings (SSSR count). The third kappa shape index (κ3) is 3.86. The predicted molar refractivity (Wildman–Crippen MR) is 114 cm³/mol. The second-order valence-corrected chi connectivity index (χ2v) is 8.74. The van der Waals surface area contributed by atoms with Gasteiger partial charge in [0.05, 0.1) is 18.4 Å². The lowest BCUT2D eigenvalue weighted by Gasteiger charge is -2.27. The van der Waals surface area contributed by atoms with E-state index in [0.29, 0.717) is 29.0 Å². The van der Waals surface area contributed by atoms with Gasteiger partial charge in [0.15, 0.2) is 9.84 Å². The predicted octanol–water partition coefficient (Wildman–Crippen LogP) is 3.15. The van der Waals surface area contributed by atoms with E-state index < -0.39 is 27.4 Å². The molecule has 30 heavy (non-hydrogen) atoms. The molecular weight excluding hydrogens is 406 g/mol. The number of carbonyl (C=O) groups is 1. The van der Waals surface area contributed by atoms with Crippen LogP contribution in [0.2, 0.25) is 0 Å². The van der Waals surface area contributed by atoms with Crippen molar-refractivity contribution in [1.29, 1.82) is 0 Å². The zero-order valence-corrected chi connectivity index (χ0v) is 17.0. The van der Waals surface area contributed by atoms with Crippen LogP contribution in [0.3, 0.4) is 0 Å². The Kier molecular flexibility index (Phi) is 5.17. The largest absolute Gasteiger partial charge is 0.494 e. The molecular formula is C22H19NO6S. The van der Waals surface area contributed by atoms with E-state index in [1.54, 1.807) is 48.5 Å². The Morgan fingerprint density at radius 3 is 2.57 bits per heavy atom. The van der Waals surface area contributed by atoms with Crippen LogP contribution in [0, 0.1) is 0 Å². The van der Waals surface area contributed by atoms with Crippen molar-refractivity contribution in [1.82, 2.24) is 0 Å². The van der Waals surface area contributed by atoms with E-state index in [9.17, 15) is 18.0 Å². The number of ether oxygens (including phenoxy) is 1. The first-order valence-corrected chi connectivity index (χ1v) is 11.1. The molecule has 0 spiro atoms. The zero-order valence-electron chi connectivity index (χ0n) is 16.1. The second kappa shape index (κ2) is 7.79. The fourth-order valence-electron chi connectivity index (χ4n) is 3.39. The highest BCUT2D eigenvalue weighted by Crippen LogP contribution is 2.27. The molecule has 1 aliphatic rings. The quantitative estimate of drug-likeness (QED) is 0.583. The fraction of sp³-hybridized carbons (Fsp3) is 0.182. The van der Waals surface area contributed by atoms with Crippen molar-refractivity contribution >= 4 is 32.4 Å². The van der Waals surface area contributed by atoms with Crippen LogP contribution in [-0.4, -0.2) is 32.7 Å². The summed E-state index contributed by atoms with van der Waals surface area (Å²) in [6.07, 6.45) is 1.45. The summed E-state index contributed by atoms with van der Waals surface area (Å²) in [5.41, 5.74) is -0.127. The van der Waals surface area contributed by atoms with E-state index in [1.807, 2.05) is 6.92 Å². The molecule has 0 bridgehead atoms. The highest BCUT2D eigenvalue weighted by molar-refractivity contribution is 7.94. The summed E-state index contributed by atoms with van der Waals surface area (Å²) in [4.78, 5) is 27.2. The van der Waals surface area contributed by atoms with Crippen molar-refractivity contribution in [3.05, 3.63) is 82.1 Å². The van der Waals surface area contributed by atoms with Crippen LogP contribution in [0.1, 0.15) is 17.3 Å². The summed E-state index contributed by atoms with van der Waals surface area (Å²) in [7, 11) is -3.43. The van der Waals surface area contributed by atoms with Gasteiger partial charge in [0.25, 0.3) is 5.91 Å². The molecule has 2 heterocycles. The lowest BCUT2D eigenvalue weighted by molar-refractivity contribution is 0.0979. The Morgan fingerprint density at radius 1 is 1.17 bits per heavy atom. The molecule has 8 heteroatoms. The molecule has 2 aromatic carbocycles. The van der Waals surface area contributed by atoms with Crippen LogP contribution >= 0.6 is 0 Å². The third-order valence-corrected chi connectivity index (χ3v) is 6.14. The maximum Gasteiger partial charge on any atom is 0.349 e. The number of rotatable bonds is 5. The summed E-state index contributed by atoms with van der Waals surface area (Å²) < 4.78 is 34.7. The molecule has 3 aromatic rings. The molecule has 1 aromatic heterocycles. The van der Waals surface area contributed by atoms with Gasteiger partial charge < -0.3 is 14.1 Å². The highest BCUT2D eigenvalue weighted by Gasteiger charge is 2.33. The fourth-order valence-corrected chi connectivity index (χ4v) is 4.66. The minimum absolute atomic E-state index is 0.166. The minimum Gasteiger partial charge on any atom is -0.494 e. The van der Waals surface area contributed by atoms with Gasteiger partial charge >= 0.3 is 5.63 Å². The molecule has 0 unspecified atom stereocenters. The Labute approximate surface area is 173 Å². The van der Waals surface area contributed by atoms with Gasteiger partial charge in [0.2, 0.25) is 0 Å². The van der Waals surface area contributed by atoms with Crippen molar-refractivity contribution in [3.63, 3.8) is 0 Å². The average Bonchev–Trinajstić information content (AvgIpc) is 3.08. The van der Waals surface area contributed by atoms with Crippen molar-refractivity contribution < 1.29 is 22.4 Å². The van der Waals surface area contributed by atoms with Crippen molar-refractivity contribution in [3.8, 4) is 5.75 Å². The number of fused-ring (bicyclic) bond motifs is 1. The number of carbonyl (C=O) groups excluding carboxylic acids is 1. The topological polar surface area (TPSA) is 93.9 Å². The van der Waals surface area contributed by atoms with Crippen molar-refractivity contribution in [2.24, 2.45) is 0 Å². The number of sulfone groups is 1. The van der Waals surface area contributed by atoms with E-state index in [4.69, 9.17) is 9.15 Å². The molecule has 7 nitrogen and oxygen atoms in total. The average molecular weight is 425 g/mol. The van der Waals surface area contributed by atoms with Gasteiger partial charge in [0, 0.05) is 16.5 Å². The van der Waals surface area contributed by atoms with E-state index in [0.717, 1.165) is 5.41 Å². The lowest BCUT2D eigenvalue weighted by atomic mass is 10.1. The SMILES string of the molecule is CCOc1ccc(N(C(=O)c2cc3ccccc3oc2=O)[C@@H]2C=CS(=O)(=O)C2)cc1. The monoisotopic (exact) mass is 425 g/mol. The van der Waals surface area contributed by atoms with E-state index in [2.05, 4.69) is 0 Å². The van der Waals surface area contributed by atoms with Crippen LogP contribution in [0.5, 0.6) is 5.75 Å². The first-order valence-electron chi connectivity index (χ1n) is 9.38. The number of amides is 1. The first-order chi connectivity index (χ1) is 14.4. The third-order valence-electron chi connectivity index (χ3n) is 4.76. The maximum absolute atomic E-state index is 13.4. The molecule has 0 saturated carbocycles. The summed E-state index contributed by atoms with van der Waals surface area (Å²) in [5, 5.41) is 1.69. The number of nitrogens with zero attached hydrogens (tertiary/aromatic N) is 1. The highest BCUT2D eigenvalue weighted by atomic mass is 32.2. The molecule has 154 valence electrons. The molecule has 1 atom stereocenters. The molecule has 0 radical (unpaired) electrons. The molecule has 0 aliphatic carbocycles. The van der Waals surface area contributed by atoms with Crippen LogP contribution in [0.15, 0.2) is 75.3 Å². The van der Waals surface area contributed by atoms with Gasteiger partial charge in [-0.2, -0.15) is 0 Å². The standard InChI is InChI=1S/C22H19NO6S/c1-2-28-18-9-7-16(8-10-18)23(17-11-12-30(26,27)14-17)21(24)19-13-15-5-3-4-6-20(15)29-22(19)25/h3-13,17H,2,14H2,1H3/t17-/m1/s1. The lowest BCUT2D eigenvalue weighted by Crippen LogP contribution is -2.42. The minimum atomic E-state index is -3.43. The van der Waals surface area contributed by atoms with Crippen LogP contribution < -0.4 is 15.3 Å². The zero-order chi connectivity index (χ0) is 21.3. The summed E-state index contributed by atoms with van der Waals surface area (Å²) in [5.74, 6) is -0.274. The molecule has 0 saturated heterocycles. The van der Waals surface area contributed by atoms with Gasteiger partial charge in [-0.3, -0.25) is 4.79 Å². The summed E-state index contributed by atoms with van der Waals surface area (Å²) in [6.45, 7) is 2.35. The second-order valence-electron chi connectivity index (χ2n) is 6.81. The van der Waals surface area contributed by atoms with E-state index in [-0.39, 0.29) is 11.3 Å². The Bertz CT molecular complexity index is 1290. The molecule has 0 fully saturated rings. The first kappa shape index (κ1) is 19.9. The normalized spacial score (nSPS) is 17.2. The van der Waals surface area contributed by atoms with Gasteiger partial charge in [-0.1, -0.05) is 18.2 Å². The van der Waals surface area contributed by atoms with Gasteiger partial charge in [-0.15, -0.1) is 0 Å². The van der Waals surface area contributed by atoms with Gasteiger partial charge in [0.1, 0.15) is 16.9 Å². The number of para-hydroxylation sites is 1. The van der Waals surface area contributed by atoms with Crippen molar-refractivity contribution in [2.75, 3.05) is 17.3 Å². The maximum atomic E-state index is 13.4. The number of hydrogen-bond acceptors (Lipinski definition) is 6. The summed E-state index contributed by atoms with van der Waals surface area (Å²) in [6, 6.07) is 14.3. The Morgan fingerprint density at radius 2 is 1.90 bits per heavy atom. The van der Waals surface area contributed by atoms with Gasteiger partial charge in [-0.05, 0) is 49.4 Å². The summed E-state index contributed by atoms with van der Waals surface area (Å²) >= 11 is 0. The smallest absolute Gasteiger partial charge is 0.349 e. The van der Waals surface area contributed by atoms with Crippen LogP contribution in [0.25, 0.3) is 11.0 Å². The van der Waals surface area contributed by atoms with Crippen LogP contribution in [-0.2, 0) is 9.84 Å². The number of hydrogen-bond donors (Lipinski definition) is 0. The van der Waals surface area contributed by atoms with E-state index in [1.165, 1.54) is 17.0 Å². The molecule has 1 amide bonds. The number of anilines is 1. The Hall–Kier alpha value is -3.39. The van der Waals surface area contributed by atoms with Crippen molar-refractivity contribution in [2.45, 2.75) is 13.0 Å².